The van der Waals surface area contributed by atoms with E-state index in [0.29, 0.717) is 18.7 Å². The van der Waals surface area contributed by atoms with E-state index < -0.39 is 10.0 Å². The maximum atomic E-state index is 12.2. The van der Waals surface area contributed by atoms with Crippen molar-refractivity contribution in [2.24, 2.45) is 5.84 Å². The van der Waals surface area contributed by atoms with Gasteiger partial charge in [0.1, 0.15) is 4.90 Å². The van der Waals surface area contributed by atoms with E-state index in [1.807, 2.05) is 12.3 Å². The smallest absolute Gasteiger partial charge is 0.242 e. The number of anilines is 1. The number of hydrogen-bond donors (Lipinski definition) is 3. The number of para-hydroxylation sites is 1. The third-order valence-corrected chi connectivity index (χ3v) is 5.01. The van der Waals surface area contributed by atoms with Gasteiger partial charge in [0, 0.05) is 18.3 Å². The van der Waals surface area contributed by atoms with Crippen molar-refractivity contribution in [3.8, 4) is 0 Å². The molecular weight excluding hydrogens is 296 g/mol. The summed E-state index contributed by atoms with van der Waals surface area (Å²) in [6.07, 6.45) is 0.557. The molecule has 0 aliphatic heterocycles. The topological polar surface area (TPSA) is 97.1 Å². The zero-order chi connectivity index (χ0) is 14.6. The minimum atomic E-state index is -3.58. The van der Waals surface area contributed by atoms with Crippen LogP contribution in [-0.4, -0.2) is 19.9 Å². The van der Waals surface area contributed by atoms with Gasteiger partial charge in [-0.1, -0.05) is 12.1 Å². The molecule has 4 N–H and O–H groups in total. The standard InChI is InChI=1S/C12H16N4O2S2/c1-9-15-10(8-19-9)6-7-14-20(17,18)12-5-3-2-4-11(12)16-13/h2-5,8,14,16H,6-7,13H2,1H3. The lowest BCUT2D eigenvalue weighted by Crippen LogP contribution is -2.27. The molecule has 0 amide bonds. The van der Waals surface area contributed by atoms with E-state index in [0.717, 1.165) is 10.7 Å². The molecule has 8 heteroatoms. The van der Waals surface area contributed by atoms with E-state index in [-0.39, 0.29) is 4.90 Å². The number of aromatic nitrogens is 1. The van der Waals surface area contributed by atoms with E-state index in [9.17, 15) is 8.42 Å². The number of nitrogens with two attached hydrogens (primary N) is 1. The van der Waals surface area contributed by atoms with Crippen molar-refractivity contribution in [3.05, 3.63) is 40.3 Å². The Morgan fingerprint density at radius 1 is 1.35 bits per heavy atom. The average Bonchev–Trinajstić information content (AvgIpc) is 2.84. The number of sulfonamides is 1. The number of thiazole rings is 1. The van der Waals surface area contributed by atoms with Crippen LogP contribution in [0.1, 0.15) is 10.7 Å². The molecule has 0 unspecified atom stereocenters. The molecule has 0 radical (unpaired) electrons. The van der Waals surface area contributed by atoms with Crippen LogP contribution >= 0.6 is 11.3 Å². The molecule has 0 aliphatic carbocycles. The van der Waals surface area contributed by atoms with Crippen molar-refractivity contribution in [1.82, 2.24) is 9.71 Å². The first-order chi connectivity index (χ1) is 9.53. The maximum Gasteiger partial charge on any atom is 0.242 e. The first-order valence-corrected chi connectivity index (χ1v) is 8.35. The van der Waals surface area contributed by atoms with Crippen molar-refractivity contribution >= 4 is 27.0 Å². The number of hydrogen-bond acceptors (Lipinski definition) is 6. The van der Waals surface area contributed by atoms with E-state index in [1.54, 1.807) is 29.5 Å². The summed E-state index contributed by atoms with van der Waals surface area (Å²) in [5, 5.41) is 2.90. The van der Waals surface area contributed by atoms with Gasteiger partial charge >= 0.3 is 0 Å². The zero-order valence-corrected chi connectivity index (χ0v) is 12.6. The van der Waals surface area contributed by atoms with Crippen LogP contribution in [0.2, 0.25) is 0 Å². The highest BCUT2D eigenvalue weighted by Gasteiger charge is 2.17. The van der Waals surface area contributed by atoms with Gasteiger partial charge < -0.3 is 5.43 Å². The lowest BCUT2D eigenvalue weighted by Gasteiger charge is -2.10. The Labute approximate surface area is 122 Å². The fourth-order valence-electron chi connectivity index (χ4n) is 1.73. The van der Waals surface area contributed by atoms with Crippen molar-refractivity contribution in [2.75, 3.05) is 12.0 Å². The highest BCUT2D eigenvalue weighted by atomic mass is 32.2. The molecule has 0 fully saturated rings. The average molecular weight is 312 g/mol. The summed E-state index contributed by atoms with van der Waals surface area (Å²) in [4.78, 5) is 4.42. The Balaban J connectivity index is 2.04. The predicted octanol–water partition coefficient (Wildman–Crippen LogP) is 1.26. The second-order valence-electron chi connectivity index (χ2n) is 4.15. The van der Waals surface area contributed by atoms with E-state index in [1.165, 1.54) is 6.07 Å². The second kappa shape index (κ2) is 6.31. The van der Waals surface area contributed by atoms with Gasteiger partial charge in [-0.15, -0.1) is 11.3 Å². The molecular formula is C12H16N4O2S2. The van der Waals surface area contributed by atoms with Crippen molar-refractivity contribution in [3.63, 3.8) is 0 Å². The molecule has 0 spiro atoms. The van der Waals surface area contributed by atoms with Gasteiger partial charge in [0.25, 0.3) is 0 Å². The van der Waals surface area contributed by atoms with Crippen molar-refractivity contribution in [1.29, 1.82) is 0 Å². The zero-order valence-electron chi connectivity index (χ0n) is 11.0. The number of hydrazine groups is 1. The SMILES string of the molecule is Cc1nc(CCNS(=O)(=O)c2ccccc2NN)cs1. The number of rotatable bonds is 6. The van der Waals surface area contributed by atoms with Crippen LogP contribution < -0.4 is 16.0 Å². The molecule has 2 rings (SSSR count). The second-order valence-corrected chi connectivity index (χ2v) is 6.94. The highest BCUT2D eigenvalue weighted by Crippen LogP contribution is 2.19. The van der Waals surface area contributed by atoms with E-state index >= 15 is 0 Å². The summed E-state index contributed by atoms with van der Waals surface area (Å²) in [6, 6.07) is 6.48. The number of aryl methyl sites for hydroxylation is 1. The molecule has 0 atom stereocenters. The van der Waals surface area contributed by atoms with Crippen LogP contribution in [0.4, 0.5) is 5.69 Å². The summed E-state index contributed by atoms with van der Waals surface area (Å²) in [5.41, 5.74) is 3.64. The largest absolute Gasteiger partial charge is 0.323 e. The molecule has 0 bridgehead atoms. The number of nitrogens with zero attached hydrogens (tertiary/aromatic N) is 1. The molecule has 0 saturated heterocycles. The third kappa shape index (κ3) is 3.54. The Hall–Kier alpha value is -1.48. The quantitative estimate of drug-likeness (QED) is 0.551. The van der Waals surface area contributed by atoms with Gasteiger partial charge in [-0.2, -0.15) is 0 Å². The summed E-state index contributed by atoms with van der Waals surface area (Å²) in [7, 11) is -3.58. The van der Waals surface area contributed by atoms with Gasteiger partial charge in [0.2, 0.25) is 10.0 Å². The van der Waals surface area contributed by atoms with Crippen LogP contribution in [0, 0.1) is 6.92 Å². The molecule has 2 aromatic rings. The van der Waals surface area contributed by atoms with Gasteiger partial charge in [0.05, 0.1) is 16.4 Å². The lowest BCUT2D eigenvalue weighted by atomic mass is 10.3. The normalized spacial score (nSPS) is 11.5. The predicted molar refractivity (Wildman–Crippen MR) is 80.0 cm³/mol. The van der Waals surface area contributed by atoms with Crippen LogP contribution in [0.3, 0.4) is 0 Å². The number of nitrogen functional groups attached to an aromatic ring is 1. The number of nitrogens with one attached hydrogen (secondary N) is 2. The van der Waals surface area contributed by atoms with Gasteiger partial charge in [-0.05, 0) is 19.1 Å². The third-order valence-electron chi connectivity index (χ3n) is 2.67. The number of benzene rings is 1. The molecule has 108 valence electrons. The molecule has 1 aromatic heterocycles. The Morgan fingerprint density at radius 2 is 2.10 bits per heavy atom. The summed E-state index contributed by atoms with van der Waals surface area (Å²) in [5.74, 6) is 5.32. The van der Waals surface area contributed by atoms with Gasteiger partial charge in [-0.25, -0.2) is 18.1 Å². The van der Waals surface area contributed by atoms with Crippen LogP contribution in [0.5, 0.6) is 0 Å². The maximum absolute atomic E-state index is 12.2. The minimum Gasteiger partial charge on any atom is -0.323 e. The van der Waals surface area contributed by atoms with E-state index in [2.05, 4.69) is 15.1 Å². The van der Waals surface area contributed by atoms with Crippen molar-refractivity contribution in [2.45, 2.75) is 18.2 Å². The monoisotopic (exact) mass is 312 g/mol. The van der Waals surface area contributed by atoms with Gasteiger partial charge in [0.15, 0.2) is 0 Å². The molecule has 1 aromatic carbocycles. The Kier molecular flexibility index (Phi) is 4.71. The highest BCUT2D eigenvalue weighted by molar-refractivity contribution is 7.89. The molecule has 6 nitrogen and oxygen atoms in total. The first-order valence-electron chi connectivity index (χ1n) is 5.99. The van der Waals surface area contributed by atoms with Crippen LogP contribution in [0.15, 0.2) is 34.5 Å². The first kappa shape index (κ1) is 14.9. The van der Waals surface area contributed by atoms with Gasteiger partial charge in [-0.3, -0.25) is 5.84 Å². The Morgan fingerprint density at radius 3 is 2.75 bits per heavy atom. The molecule has 0 aliphatic rings. The minimum absolute atomic E-state index is 0.136. The van der Waals surface area contributed by atoms with E-state index in [4.69, 9.17) is 5.84 Å². The molecule has 1 heterocycles. The fraction of sp³-hybridized carbons (Fsp3) is 0.250. The van der Waals surface area contributed by atoms with Crippen molar-refractivity contribution < 1.29 is 8.42 Å². The summed E-state index contributed by atoms with van der Waals surface area (Å²) >= 11 is 1.55. The molecule has 20 heavy (non-hydrogen) atoms. The summed E-state index contributed by atoms with van der Waals surface area (Å²) < 4.78 is 26.9. The Bertz CT molecular complexity index is 682. The molecule has 0 saturated carbocycles. The fourth-order valence-corrected chi connectivity index (χ4v) is 3.58. The van der Waals surface area contributed by atoms with Crippen LogP contribution in [0.25, 0.3) is 0 Å². The van der Waals surface area contributed by atoms with Crippen LogP contribution in [-0.2, 0) is 16.4 Å². The summed E-state index contributed by atoms with van der Waals surface area (Å²) in [6.45, 7) is 2.21. The lowest BCUT2D eigenvalue weighted by molar-refractivity contribution is 0.581.